The number of nitrogens with one attached hydrogen (secondary N) is 1. The van der Waals surface area contributed by atoms with Crippen LogP contribution in [0.15, 0.2) is 22.7 Å². The number of hydrogen-bond donors (Lipinski definition) is 1. The fourth-order valence-electron chi connectivity index (χ4n) is 2.29. The molecule has 1 aromatic carbocycles. The Bertz CT molecular complexity index is 461. The number of nitro benzene ring substituents is 1. The lowest BCUT2D eigenvalue weighted by molar-refractivity contribution is -0.384. The van der Waals surface area contributed by atoms with Gasteiger partial charge < -0.3 is 5.32 Å². The van der Waals surface area contributed by atoms with E-state index in [2.05, 4.69) is 28.2 Å². The van der Waals surface area contributed by atoms with Gasteiger partial charge in [0.1, 0.15) is 0 Å². The van der Waals surface area contributed by atoms with Gasteiger partial charge in [-0.05, 0) is 43.7 Å². The Hall–Kier alpha value is -0.940. The SMILES string of the molecule is CCCNC(Cc1ccc([N+](=O)[O-])cc1Br)C1CC1. The molecule has 19 heavy (non-hydrogen) atoms. The smallest absolute Gasteiger partial charge is 0.270 e. The van der Waals surface area contributed by atoms with Crippen LogP contribution in [0.3, 0.4) is 0 Å². The third kappa shape index (κ3) is 4.01. The Labute approximate surface area is 121 Å². The van der Waals surface area contributed by atoms with Gasteiger partial charge in [0.25, 0.3) is 5.69 Å². The summed E-state index contributed by atoms with van der Waals surface area (Å²) >= 11 is 3.45. The molecule has 0 heterocycles. The molecule has 4 nitrogen and oxygen atoms in total. The average Bonchev–Trinajstić information content (AvgIpc) is 3.20. The first-order valence-electron chi connectivity index (χ1n) is 6.78. The lowest BCUT2D eigenvalue weighted by atomic mass is 10.0. The molecule has 1 aromatic rings. The highest BCUT2D eigenvalue weighted by Gasteiger charge is 2.31. The van der Waals surface area contributed by atoms with E-state index in [1.807, 2.05) is 6.07 Å². The van der Waals surface area contributed by atoms with Crippen LogP contribution in [0.25, 0.3) is 0 Å². The van der Waals surface area contributed by atoms with Crippen LogP contribution < -0.4 is 5.32 Å². The van der Waals surface area contributed by atoms with E-state index in [1.165, 1.54) is 12.8 Å². The second-order valence-corrected chi connectivity index (χ2v) is 5.99. The minimum atomic E-state index is -0.359. The minimum Gasteiger partial charge on any atom is -0.313 e. The van der Waals surface area contributed by atoms with Gasteiger partial charge in [-0.3, -0.25) is 10.1 Å². The number of hydrogen-bond acceptors (Lipinski definition) is 3. The van der Waals surface area contributed by atoms with Gasteiger partial charge in [0.05, 0.1) is 4.92 Å². The standard InChI is InChI=1S/C14H19BrN2O2/c1-2-7-16-14(10-3-4-10)8-11-5-6-12(17(18)19)9-13(11)15/h5-6,9-10,14,16H,2-4,7-8H2,1H3. The number of halogens is 1. The van der Waals surface area contributed by atoms with E-state index < -0.39 is 0 Å². The Kier molecular flexibility index (Phi) is 4.93. The normalized spacial score (nSPS) is 16.3. The topological polar surface area (TPSA) is 55.2 Å². The first-order valence-corrected chi connectivity index (χ1v) is 7.57. The molecule has 2 rings (SSSR count). The molecular weight excluding hydrogens is 308 g/mol. The monoisotopic (exact) mass is 326 g/mol. The molecule has 0 bridgehead atoms. The van der Waals surface area contributed by atoms with Crippen LogP contribution in [0.4, 0.5) is 5.69 Å². The van der Waals surface area contributed by atoms with Crippen LogP contribution in [0.5, 0.6) is 0 Å². The number of non-ortho nitro benzene ring substituents is 1. The summed E-state index contributed by atoms with van der Waals surface area (Å²) < 4.78 is 0.839. The Morgan fingerprint density at radius 2 is 2.26 bits per heavy atom. The molecule has 5 heteroatoms. The second kappa shape index (κ2) is 6.48. The summed E-state index contributed by atoms with van der Waals surface area (Å²) in [5, 5.41) is 14.3. The zero-order valence-electron chi connectivity index (χ0n) is 11.1. The fourth-order valence-corrected chi connectivity index (χ4v) is 2.81. The average molecular weight is 327 g/mol. The van der Waals surface area contributed by atoms with Gasteiger partial charge in [-0.2, -0.15) is 0 Å². The van der Waals surface area contributed by atoms with Crippen LogP contribution in [-0.2, 0) is 6.42 Å². The summed E-state index contributed by atoms with van der Waals surface area (Å²) in [4.78, 5) is 10.4. The Morgan fingerprint density at radius 3 is 2.79 bits per heavy atom. The van der Waals surface area contributed by atoms with Crippen LogP contribution >= 0.6 is 15.9 Å². The number of benzene rings is 1. The predicted octanol–water partition coefficient (Wildman–Crippen LogP) is 3.68. The molecule has 1 N–H and O–H groups in total. The maximum atomic E-state index is 10.7. The lowest BCUT2D eigenvalue weighted by Gasteiger charge is -2.18. The molecule has 1 unspecified atom stereocenters. The third-order valence-electron chi connectivity index (χ3n) is 3.53. The number of nitro groups is 1. The second-order valence-electron chi connectivity index (χ2n) is 5.13. The van der Waals surface area contributed by atoms with E-state index in [9.17, 15) is 10.1 Å². The molecule has 1 aliphatic carbocycles. The van der Waals surface area contributed by atoms with Crippen molar-refractivity contribution in [3.63, 3.8) is 0 Å². The molecule has 1 fully saturated rings. The molecule has 104 valence electrons. The van der Waals surface area contributed by atoms with Gasteiger partial charge >= 0.3 is 0 Å². The van der Waals surface area contributed by atoms with Crippen molar-refractivity contribution in [2.45, 2.75) is 38.6 Å². The highest BCUT2D eigenvalue weighted by Crippen LogP contribution is 2.35. The summed E-state index contributed by atoms with van der Waals surface area (Å²) in [6.07, 6.45) is 4.66. The van der Waals surface area contributed by atoms with E-state index in [0.29, 0.717) is 6.04 Å². The quantitative estimate of drug-likeness (QED) is 0.614. The van der Waals surface area contributed by atoms with Gasteiger partial charge in [-0.25, -0.2) is 0 Å². The molecule has 0 saturated heterocycles. The van der Waals surface area contributed by atoms with Gasteiger partial charge in [0, 0.05) is 22.6 Å². The van der Waals surface area contributed by atoms with Crippen LogP contribution in [-0.4, -0.2) is 17.5 Å². The van der Waals surface area contributed by atoms with Crippen LogP contribution in [0.2, 0.25) is 0 Å². The molecule has 1 saturated carbocycles. The molecule has 0 spiro atoms. The van der Waals surface area contributed by atoms with Crippen molar-refractivity contribution >= 4 is 21.6 Å². The molecule has 0 aromatic heterocycles. The molecular formula is C14H19BrN2O2. The van der Waals surface area contributed by atoms with Gasteiger partial charge in [-0.1, -0.05) is 28.9 Å². The summed E-state index contributed by atoms with van der Waals surface area (Å²) in [5.74, 6) is 0.772. The van der Waals surface area contributed by atoms with Gasteiger partial charge in [0.15, 0.2) is 0 Å². The summed E-state index contributed by atoms with van der Waals surface area (Å²) in [6, 6.07) is 5.55. The Balaban J connectivity index is 2.06. The van der Waals surface area contributed by atoms with E-state index in [-0.39, 0.29) is 10.6 Å². The molecule has 0 aliphatic heterocycles. The van der Waals surface area contributed by atoms with Crippen molar-refractivity contribution in [3.8, 4) is 0 Å². The lowest BCUT2D eigenvalue weighted by Crippen LogP contribution is -2.33. The van der Waals surface area contributed by atoms with Gasteiger partial charge in [-0.15, -0.1) is 0 Å². The summed E-state index contributed by atoms with van der Waals surface area (Å²) in [5.41, 5.74) is 1.28. The zero-order valence-corrected chi connectivity index (χ0v) is 12.6. The largest absolute Gasteiger partial charge is 0.313 e. The third-order valence-corrected chi connectivity index (χ3v) is 4.27. The van der Waals surface area contributed by atoms with E-state index in [1.54, 1.807) is 12.1 Å². The van der Waals surface area contributed by atoms with Crippen molar-refractivity contribution in [2.75, 3.05) is 6.54 Å². The highest BCUT2D eigenvalue weighted by atomic mass is 79.9. The van der Waals surface area contributed by atoms with Crippen molar-refractivity contribution in [1.29, 1.82) is 0 Å². The first kappa shape index (κ1) is 14.5. The minimum absolute atomic E-state index is 0.139. The first-order chi connectivity index (χ1) is 9.11. The van der Waals surface area contributed by atoms with E-state index >= 15 is 0 Å². The Morgan fingerprint density at radius 1 is 1.53 bits per heavy atom. The number of nitrogens with zero attached hydrogens (tertiary/aromatic N) is 1. The maximum Gasteiger partial charge on any atom is 0.270 e. The van der Waals surface area contributed by atoms with Gasteiger partial charge in [0.2, 0.25) is 0 Å². The summed E-state index contributed by atoms with van der Waals surface area (Å²) in [7, 11) is 0. The molecule has 1 aliphatic rings. The predicted molar refractivity (Wildman–Crippen MR) is 79.3 cm³/mol. The number of rotatable bonds is 7. The van der Waals surface area contributed by atoms with Crippen LogP contribution in [0.1, 0.15) is 31.7 Å². The van der Waals surface area contributed by atoms with Crippen molar-refractivity contribution in [3.05, 3.63) is 38.3 Å². The maximum absolute atomic E-state index is 10.7. The van der Waals surface area contributed by atoms with Crippen molar-refractivity contribution in [2.24, 2.45) is 5.92 Å². The summed E-state index contributed by atoms with van der Waals surface area (Å²) in [6.45, 7) is 3.20. The fraction of sp³-hybridized carbons (Fsp3) is 0.571. The van der Waals surface area contributed by atoms with E-state index in [0.717, 1.165) is 35.3 Å². The zero-order chi connectivity index (χ0) is 13.8. The van der Waals surface area contributed by atoms with Crippen LogP contribution in [0, 0.1) is 16.0 Å². The molecule has 0 radical (unpaired) electrons. The molecule has 0 amide bonds. The van der Waals surface area contributed by atoms with Crippen molar-refractivity contribution in [1.82, 2.24) is 5.32 Å². The van der Waals surface area contributed by atoms with E-state index in [4.69, 9.17) is 0 Å². The highest BCUT2D eigenvalue weighted by molar-refractivity contribution is 9.10. The molecule has 1 atom stereocenters. The van der Waals surface area contributed by atoms with Crippen molar-refractivity contribution < 1.29 is 4.92 Å².